The van der Waals surface area contributed by atoms with E-state index in [0.717, 1.165) is 68.2 Å². The molecule has 11 heterocycles. The molecule has 4 aromatic carbocycles. The summed E-state index contributed by atoms with van der Waals surface area (Å²) in [5, 5.41) is 44.2. The van der Waals surface area contributed by atoms with Gasteiger partial charge in [0.25, 0.3) is 35.4 Å². The van der Waals surface area contributed by atoms with E-state index >= 15 is 0 Å². The van der Waals surface area contributed by atoms with E-state index in [-0.39, 0.29) is 126 Å². The molecule has 0 bridgehead atoms. The molecule has 3 atom stereocenters. The Morgan fingerprint density at radius 3 is 1.32 bits per heavy atom. The summed E-state index contributed by atoms with van der Waals surface area (Å²) >= 11 is 12.0. The number of carbonyl (C=O) groups is 6. The molecule has 1 saturated carbocycles. The lowest BCUT2D eigenvalue weighted by atomic mass is 10.0. The van der Waals surface area contributed by atoms with Crippen LogP contribution >= 0.6 is 23.2 Å². The first kappa shape index (κ1) is 76.1. The maximum absolute atomic E-state index is 14.1. The number of aromatic nitrogens is 15. The normalized spacial score (nSPS) is 17.3. The summed E-state index contributed by atoms with van der Waals surface area (Å²) in [5.41, 5.74) is 1.82. The molecule has 8 N–H and O–H groups in total. The van der Waals surface area contributed by atoms with Gasteiger partial charge in [0.2, 0.25) is 5.82 Å². The molecule has 4 fully saturated rings. The van der Waals surface area contributed by atoms with Gasteiger partial charge in [0.15, 0.2) is 52.4 Å². The number of halogens is 8. The van der Waals surface area contributed by atoms with Gasteiger partial charge in [-0.25, -0.2) is 46.3 Å². The molecule has 1 aliphatic carbocycles. The van der Waals surface area contributed by atoms with Crippen LogP contribution in [0.25, 0.3) is 57.0 Å². The number of tetrazole rings is 1. The maximum atomic E-state index is 14.1. The Morgan fingerprint density at radius 1 is 0.464 bits per heavy atom. The number of azo groups is 2. The van der Waals surface area contributed by atoms with Gasteiger partial charge >= 0.3 is 0 Å². The number of rotatable bonds is 20. The summed E-state index contributed by atoms with van der Waals surface area (Å²) in [6.07, 6.45) is 17.1. The zero-order chi connectivity index (χ0) is 77.0. The van der Waals surface area contributed by atoms with Crippen LogP contribution in [0.4, 0.5) is 26.3 Å². The lowest BCUT2D eigenvalue weighted by molar-refractivity contribution is -0.113. The molecular formula is C70H63Cl2F6N23O9. The first-order chi connectivity index (χ1) is 53.3. The highest BCUT2D eigenvalue weighted by atomic mass is 35.5. The van der Waals surface area contributed by atoms with Gasteiger partial charge in [-0.2, -0.15) is 4.68 Å². The molecule has 5 aliphatic heterocycles. The van der Waals surface area contributed by atoms with Crippen molar-refractivity contribution in [2.24, 2.45) is 26.4 Å². The largest absolute Gasteiger partial charge is 0.376 e. The van der Waals surface area contributed by atoms with Crippen LogP contribution < -0.4 is 21.3 Å². The Balaban J connectivity index is 0.000000129. The van der Waals surface area contributed by atoms with Gasteiger partial charge in [0, 0.05) is 57.1 Å². The summed E-state index contributed by atoms with van der Waals surface area (Å²) in [7, 11) is 0. The second kappa shape index (κ2) is 34.8. The Labute approximate surface area is 627 Å². The zero-order valence-electron chi connectivity index (χ0n) is 57.6. The van der Waals surface area contributed by atoms with Crippen molar-refractivity contribution in [3.05, 3.63) is 195 Å². The highest BCUT2D eigenvalue weighted by molar-refractivity contribution is 6.38. The minimum Gasteiger partial charge on any atom is -0.376 e. The molecule has 1 unspecified atom stereocenters. The van der Waals surface area contributed by atoms with Gasteiger partial charge in [-0.15, -0.1) is 35.8 Å². The third-order valence-corrected chi connectivity index (χ3v) is 18.7. The van der Waals surface area contributed by atoms with E-state index in [9.17, 15) is 55.1 Å². The summed E-state index contributed by atoms with van der Waals surface area (Å²) in [6.45, 7) is 3.90. The fourth-order valence-corrected chi connectivity index (χ4v) is 12.8. The van der Waals surface area contributed by atoms with Crippen molar-refractivity contribution in [1.82, 2.24) is 96.1 Å². The van der Waals surface area contributed by atoms with Crippen molar-refractivity contribution in [2.45, 2.75) is 82.5 Å². The number of hydrogen-bond acceptors (Lipinski definition) is 20. The number of H-pyrrole nitrogens is 4. The Hall–Kier alpha value is -12.1. The van der Waals surface area contributed by atoms with Gasteiger partial charge in [-0.3, -0.25) is 33.3 Å². The second-order valence-electron chi connectivity index (χ2n) is 25.2. The number of amides is 6. The van der Waals surface area contributed by atoms with Crippen molar-refractivity contribution >= 4 is 81.2 Å². The lowest BCUT2D eigenvalue weighted by Crippen LogP contribution is -2.32. The fraction of sp³-hybridized carbons (Fsp3) is 0.300. The number of hydrogen-bond donors (Lipinski definition) is 8. The van der Waals surface area contributed by atoms with E-state index in [1.807, 2.05) is 0 Å². The Morgan fingerprint density at radius 2 is 0.864 bits per heavy atom. The van der Waals surface area contributed by atoms with Gasteiger partial charge in [-0.05, 0) is 104 Å². The van der Waals surface area contributed by atoms with E-state index < -0.39 is 58.5 Å². The number of imidazole rings is 4. The SMILES string of the molecule is O=C(NC[C@@H]1CCCO1)c1ncc(-c2nncn2-c2cccc(F)c2F)[nH]1.O=C(NC[C@@H]1CCCO1)c1ncc(-c2nnnn2-c2cccc(F)c2F)[nH]1.O=C1N=NC(c2cnc(C(=O)NCC3CCCC3)[nH]2)=C1c1cccc(F)c1Cl.O=C1N=NC(c2cnc(C(=O)NCC3CCCO3)[nH]2)=C1c1cccc(F)c1Cl. The van der Waals surface area contributed by atoms with Crippen molar-refractivity contribution in [3.8, 4) is 34.4 Å². The average Bonchev–Trinajstić information content (AvgIpc) is 1.67. The second-order valence-corrected chi connectivity index (χ2v) is 26.0. The molecule has 6 aliphatic rings. The van der Waals surface area contributed by atoms with Gasteiger partial charge in [-0.1, -0.05) is 72.4 Å². The predicted molar refractivity (Wildman–Crippen MR) is 377 cm³/mol. The molecule has 3 saturated heterocycles. The van der Waals surface area contributed by atoms with Gasteiger partial charge in [0.05, 0.1) is 81.4 Å². The summed E-state index contributed by atoms with van der Waals surface area (Å²) in [5.74, 6) is -7.15. The molecule has 110 heavy (non-hydrogen) atoms. The third kappa shape index (κ3) is 17.5. The molecule has 6 amide bonds. The number of nitrogens with one attached hydrogen (secondary N) is 8. The van der Waals surface area contributed by atoms with E-state index in [1.165, 1.54) is 109 Å². The summed E-state index contributed by atoms with van der Waals surface area (Å²) in [4.78, 5) is 101. The molecule has 10 aromatic rings. The topological polar surface area (TPSA) is 417 Å². The first-order valence-corrected chi connectivity index (χ1v) is 35.2. The van der Waals surface area contributed by atoms with Gasteiger partial charge in [0.1, 0.15) is 46.4 Å². The first-order valence-electron chi connectivity index (χ1n) is 34.4. The van der Waals surface area contributed by atoms with Crippen LogP contribution in [0.1, 0.15) is 129 Å². The molecule has 0 spiro atoms. The van der Waals surface area contributed by atoms with E-state index in [4.69, 9.17) is 37.4 Å². The smallest absolute Gasteiger partial charge is 0.298 e. The third-order valence-electron chi connectivity index (χ3n) is 17.9. The van der Waals surface area contributed by atoms with Gasteiger partial charge < -0.3 is 55.4 Å². The quantitative estimate of drug-likeness (QED) is 0.0329. The summed E-state index contributed by atoms with van der Waals surface area (Å²) in [6, 6.07) is 15.8. The Kier molecular flexibility index (Phi) is 24.1. The standard InChI is InChI=1S/C19H17ClFN5O2.C18H15ClFN5O3.C17H16F2N6O2.C16H15F2N7O2/c20-15-11(6-3-7-12(15)21)14-16(25-26-18(14)27)13-9-22-17(24-13)19(28)23-8-10-4-1-2-5-10;19-14-10(4-1-5-11(14)20)13-15(24-25-17(13)26)12-8-21-16(23-12)18(27)22-7-9-3-2-6-28-9;18-11-4-1-5-13(14(11)19)25-9-22-24-16(25)12-8-20-15(23-12)17(26)21-7-10-3-2-6-27-10;17-10-4-1-5-12(13(10)18)25-15(22-23-24-25)11-8-19-14(21-11)16(26)20-7-9-3-2-6-27-9/h3,6-7,9-10H,1-2,4-5,8H2,(H,22,24)(H,23,28);1,4-5,8-9H,2-3,6-7H2,(H,21,23)(H,22,27);1,4-5,8-10H,2-3,6-7H2,(H,20,23)(H,21,26);1,4-5,8-9H,2-3,6-7H2,(H,19,21)(H,20,26)/t;;10-;9-/m..00/s1. The van der Waals surface area contributed by atoms with Crippen molar-refractivity contribution < 1.29 is 69.3 Å². The van der Waals surface area contributed by atoms with E-state index in [0.29, 0.717) is 69.0 Å². The van der Waals surface area contributed by atoms with Crippen LogP contribution in [-0.2, 0) is 23.8 Å². The van der Waals surface area contributed by atoms with Crippen LogP contribution in [0.5, 0.6) is 0 Å². The van der Waals surface area contributed by atoms with Crippen LogP contribution in [0.2, 0.25) is 10.0 Å². The molecule has 16 rings (SSSR count). The number of carbonyl (C=O) groups excluding carboxylic acids is 6. The highest BCUT2D eigenvalue weighted by Crippen LogP contribution is 2.39. The fourth-order valence-electron chi connectivity index (χ4n) is 12.3. The Bertz CT molecular complexity index is 4900. The van der Waals surface area contributed by atoms with Crippen molar-refractivity contribution in [2.75, 3.05) is 46.0 Å². The number of benzene rings is 4. The molecule has 32 nitrogen and oxygen atoms in total. The number of aromatic amines is 4. The monoisotopic (exact) mass is 1550 g/mol. The lowest BCUT2D eigenvalue weighted by Gasteiger charge is -2.09. The molecule has 40 heteroatoms. The zero-order valence-corrected chi connectivity index (χ0v) is 59.1. The minimum absolute atomic E-state index is 0.00376. The van der Waals surface area contributed by atoms with Crippen molar-refractivity contribution in [3.63, 3.8) is 0 Å². The minimum atomic E-state index is -1.08. The number of ether oxygens (including phenoxy) is 3. The average molecular weight is 1560 g/mol. The highest BCUT2D eigenvalue weighted by Gasteiger charge is 2.32. The van der Waals surface area contributed by atoms with Crippen molar-refractivity contribution in [1.29, 1.82) is 0 Å². The number of nitrogens with zero attached hydrogens (tertiary/aromatic N) is 15. The van der Waals surface area contributed by atoms with E-state index in [1.54, 1.807) is 0 Å². The van der Waals surface area contributed by atoms with Crippen LogP contribution in [-0.4, -0.2) is 175 Å². The summed E-state index contributed by atoms with van der Waals surface area (Å²) < 4.78 is 101. The van der Waals surface area contributed by atoms with Crippen LogP contribution in [0.15, 0.2) is 124 Å². The van der Waals surface area contributed by atoms with Crippen LogP contribution in [0, 0.1) is 40.8 Å². The molecule has 6 aromatic heterocycles. The molecule has 568 valence electrons. The molecule has 0 radical (unpaired) electrons. The van der Waals surface area contributed by atoms with Crippen LogP contribution in [0.3, 0.4) is 0 Å². The van der Waals surface area contributed by atoms with E-state index in [2.05, 4.69) is 107 Å². The predicted octanol–water partition coefficient (Wildman–Crippen LogP) is 10.0. The molecular weight excluding hydrogens is 1490 g/mol. The maximum Gasteiger partial charge on any atom is 0.298 e.